The molecule has 0 bridgehead atoms. The number of aromatic nitrogens is 6. The second-order valence-corrected chi connectivity index (χ2v) is 5.82. The molecule has 2 amide bonds. The number of urea groups is 1. The van der Waals surface area contributed by atoms with E-state index in [9.17, 15) is 4.79 Å². The maximum Gasteiger partial charge on any atom is 0.319 e. The number of hydrogen-bond donors (Lipinski definition) is 2. The lowest BCUT2D eigenvalue weighted by molar-refractivity contribution is 0.247. The number of tetrazole rings is 1. The molecule has 3 rings (SSSR count). The number of nitrogens with one attached hydrogen (secondary N) is 2. The van der Waals surface area contributed by atoms with Crippen LogP contribution >= 0.6 is 0 Å². The molecule has 1 aromatic carbocycles. The number of carbonyl (C=O) groups excluding carboxylic acids is 1. The molecule has 136 valence electrons. The van der Waals surface area contributed by atoms with Crippen LogP contribution in [0.25, 0.3) is 11.4 Å². The maximum absolute atomic E-state index is 12.4. The lowest BCUT2D eigenvalue weighted by Gasteiger charge is -2.18. The summed E-state index contributed by atoms with van der Waals surface area (Å²) in [5, 5.41) is 22.2. The third kappa shape index (κ3) is 3.88. The summed E-state index contributed by atoms with van der Waals surface area (Å²) in [4.78, 5) is 13.9. The highest BCUT2D eigenvalue weighted by molar-refractivity contribution is 5.90. The quantitative estimate of drug-likeness (QED) is 0.707. The molecule has 0 saturated heterocycles. The summed E-state index contributed by atoms with van der Waals surface area (Å²) in [5.74, 6) is 0.525. The SMILES string of the molecule is CCC(NC(=O)Nc1cccc(-c2nnn(CC)n2)c1)c1ccnn1C. The van der Waals surface area contributed by atoms with Crippen molar-refractivity contribution in [1.29, 1.82) is 0 Å². The predicted octanol–water partition coefficient (Wildman–Crippen LogP) is 2.37. The van der Waals surface area contributed by atoms with E-state index in [-0.39, 0.29) is 12.1 Å². The van der Waals surface area contributed by atoms with E-state index in [2.05, 4.69) is 31.1 Å². The van der Waals surface area contributed by atoms with Crippen LogP contribution in [0.1, 0.15) is 32.0 Å². The van der Waals surface area contributed by atoms with Crippen molar-refractivity contribution in [2.45, 2.75) is 32.9 Å². The summed E-state index contributed by atoms with van der Waals surface area (Å²) in [6.45, 7) is 4.61. The highest BCUT2D eigenvalue weighted by Gasteiger charge is 2.16. The first kappa shape index (κ1) is 17.6. The average Bonchev–Trinajstić information content (AvgIpc) is 3.29. The summed E-state index contributed by atoms with van der Waals surface area (Å²) in [7, 11) is 1.86. The monoisotopic (exact) mass is 354 g/mol. The van der Waals surface area contributed by atoms with Gasteiger partial charge in [-0.1, -0.05) is 19.1 Å². The molecule has 0 saturated carbocycles. The normalized spacial score (nSPS) is 12.0. The summed E-state index contributed by atoms with van der Waals surface area (Å²) >= 11 is 0. The van der Waals surface area contributed by atoms with Gasteiger partial charge in [-0.05, 0) is 36.8 Å². The van der Waals surface area contributed by atoms with Gasteiger partial charge in [-0.2, -0.15) is 9.90 Å². The van der Waals surface area contributed by atoms with Gasteiger partial charge in [0.25, 0.3) is 0 Å². The van der Waals surface area contributed by atoms with Crippen LogP contribution in [-0.4, -0.2) is 36.0 Å². The van der Waals surface area contributed by atoms with E-state index in [1.807, 2.05) is 51.2 Å². The highest BCUT2D eigenvalue weighted by Crippen LogP contribution is 2.19. The first-order valence-corrected chi connectivity index (χ1v) is 8.54. The van der Waals surface area contributed by atoms with Crippen molar-refractivity contribution in [3.8, 4) is 11.4 Å². The molecule has 0 spiro atoms. The van der Waals surface area contributed by atoms with Crippen molar-refractivity contribution in [3.63, 3.8) is 0 Å². The fourth-order valence-electron chi connectivity index (χ4n) is 2.67. The fraction of sp³-hybridized carbons (Fsp3) is 0.353. The number of rotatable bonds is 6. The molecule has 0 aliphatic rings. The molecule has 1 unspecified atom stereocenters. The van der Waals surface area contributed by atoms with E-state index in [1.165, 1.54) is 4.80 Å². The molecule has 2 N–H and O–H groups in total. The van der Waals surface area contributed by atoms with Gasteiger partial charge in [-0.15, -0.1) is 10.2 Å². The molecule has 3 aromatic rings. The Hall–Kier alpha value is -3.23. The topological polar surface area (TPSA) is 103 Å². The van der Waals surface area contributed by atoms with Gasteiger partial charge in [-0.25, -0.2) is 4.79 Å². The molecule has 0 aliphatic heterocycles. The van der Waals surface area contributed by atoms with Crippen molar-refractivity contribution in [3.05, 3.63) is 42.2 Å². The summed E-state index contributed by atoms with van der Waals surface area (Å²) in [6, 6.07) is 8.87. The van der Waals surface area contributed by atoms with Gasteiger partial charge in [0.2, 0.25) is 5.82 Å². The van der Waals surface area contributed by atoms with E-state index in [0.717, 1.165) is 17.7 Å². The molecule has 0 fully saturated rings. The lowest BCUT2D eigenvalue weighted by atomic mass is 10.1. The molecule has 2 aromatic heterocycles. The average molecular weight is 354 g/mol. The zero-order valence-electron chi connectivity index (χ0n) is 15.0. The van der Waals surface area contributed by atoms with Crippen LogP contribution in [0.2, 0.25) is 0 Å². The van der Waals surface area contributed by atoms with E-state index < -0.39 is 0 Å². The minimum absolute atomic E-state index is 0.114. The van der Waals surface area contributed by atoms with Gasteiger partial charge < -0.3 is 10.6 Å². The van der Waals surface area contributed by atoms with Crippen LogP contribution in [0.4, 0.5) is 10.5 Å². The molecule has 9 heteroatoms. The van der Waals surface area contributed by atoms with Gasteiger partial charge in [0.15, 0.2) is 0 Å². The Kier molecular flexibility index (Phi) is 5.26. The van der Waals surface area contributed by atoms with Crippen LogP contribution in [0.15, 0.2) is 36.5 Å². The smallest absolute Gasteiger partial charge is 0.319 e. The van der Waals surface area contributed by atoms with E-state index in [0.29, 0.717) is 18.1 Å². The molecule has 9 nitrogen and oxygen atoms in total. The van der Waals surface area contributed by atoms with Crippen molar-refractivity contribution in [2.75, 3.05) is 5.32 Å². The molecule has 26 heavy (non-hydrogen) atoms. The molecule has 0 radical (unpaired) electrons. The summed E-state index contributed by atoms with van der Waals surface area (Å²) < 4.78 is 1.76. The Bertz CT molecular complexity index is 884. The Morgan fingerprint density at radius 2 is 2.12 bits per heavy atom. The Morgan fingerprint density at radius 1 is 1.27 bits per heavy atom. The minimum Gasteiger partial charge on any atom is -0.330 e. The number of hydrogen-bond acceptors (Lipinski definition) is 5. The molecule has 1 atom stereocenters. The van der Waals surface area contributed by atoms with Crippen LogP contribution in [0, 0.1) is 0 Å². The number of amides is 2. The zero-order chi connectivity index (χ0) is 18.5. The van der Waals surface area contributed by atoms with Crippen LogP contribution < -0.4 is 10.6 Å². The van der Waals surface area contributed by atoms with Crippen LogP contribution in [0.3, 0.4) is 0 Å². The van der Waals surface area contributed by atoms with Crippen molar-refractivity contribution in [2.24, 2.45) is 7.05 Å². The summed E-state index contributed by atoms with van der Waals surface area (Å²) in [5.41, 5.74) is 2.41. The second-order valence-electron chi connectivity index (χ2n) is 5.82. The largest absolute Gasteiger partial charge is 0.330 e. The van der Waals surface area contributed by atoms with Crippen molar-refractivity contribution >= 4 is 11.7 Å². The lowest BCUT2D eigenvalue weighted by Crippen LogP contribution is -2.33. The van der Waals surface area contributed by atoms with E-state index in [4.69, 9.17) is 0 Å². The number of anilines is 1. The number of benzene rings is 1. The highest BCUT2D eigenvalue weighted by atomic mass is 16.2. The predicted molar refractivity (Wildman–Crippen MR) is 97.3 cm³/mol. The molecular formula is C17H22N8O. The van der Waals surface area contributed by atoms with Gasteiger partial charge >= 0.3 is 6.03 Å². The number of aryl methyl sites for hydroxylation is 2. The maximum atomic E-state index is 12.4. The third-order valence-corrected chi connectivity index (χ3v) is 4.04. The molecular weight excluding hydrogens is 332 g/mol. The number of nitrogens with zero attached hydrogens (tertiary/aromatic N) is 6. The van der Waals surface area contributed by atoms with Crippen molar-refractivity contribution in [1.82, 2.24) is 35.3 Å². The van der Waals surface area contributed by atoms with Gasteiger partial charge in [0.05, 0.1) is 18.3 Å². The minimum atomic E-state index is -0.277. The van der Waals surface area contributed by atoms with Gasteiger partial charge in [0, 0.05) is 24.5 Å². The van der Waals surface area contributed by atoms with Crippen LogP contribution in [-0.2, 0) is 13.6 Å². The Labute approximate surface area is 151 Å². The van der Waals surface area contributed by atoms with Gasteiger partial charge in [0.1, 0.15) is 0 Å². The fourth-order valence-corrected chi connectivity index (χ4v) is 2.67. The van der Waals surface area contributed by atoms with E-state index in [1.54, 1.807) is 10.9 Å². The Balaban J connectivity index is 1.69. The number of carbonyl (C=O) groups is 1. The van der Waals surface area contributed by atoms with E-state index >= 15 is 0 Å². The van der Waals surface area contributed by atoms with Crippen LogP contribution in [0.5, 0.6) is 0 Å². The van der Waals surface area contributed by atoms with Gasteiger partial charge in [-0.3, -0.25) is 4.68 Å². The first-order valence-electron chi connectivity index (χ1n) is 8.54. The molecule has 2 heterocycles. The van der Waals surface area contributed by atoms with Crippen molar-refractivity contribution < 1.29 is 4.79 Å². The third-order valence-electron chi connectivity index (χ3n) is 4.04. The first-order chi connectivity index (χ1) is 12.6. The zero-order valence-corrected chi connectivity index (χ0v) is 15.0. The molecule has 0 aliphatic carbocycles. The Morgan fingerprint density at radius 3 is 2.77 bits per heavy atom. The summed E-state index contributed by atoms with van der Waals surface area (Å²) in [6.07, 6.45) is 2.48. The standard InChI is InChI=1S/C17H22N8O/c1-4-14(15-9-10-18-24(15)3)20-17(26)19-13-8-6-7-12(11-13)16-21-23-25(5-2)22-16/h6-11,14H,4-5H2,1-3H3,(H2,19,20,26). The second kappa shape index (κ2) is 7.77.